The highest BCUT2D eigenvalue weighted by atomic mass is 19.4. The van der Waals surface area contributed by atoms with Crippen molar-refractivity contribution in [1.29, 1.82) is 0 Å². The molecule has 0 atom stereocenters. The molecule has 0 N–H and O–H groups in total. The first kappa shape index (κ1) is 30.3. The summed E-state index contributed by atoms with van der Waals surface area (Å²) >= 11 is 0. The Bertz CT molecular complexity index is 926. The van der Waals surface area contributed by atoms with E-state index in [2.05, 4.69) is 4.74 Å². The van der Waals surface area contributed by atoms with Crippen LogP contribution in [0.15, 0.2) is 18.2 Å². The lowest BCUT2D eigenvalue weighted by atomic mass is 10.1. The normalized spacial score (nSPS) is 16.1. The van der Waals surface area contributed by atoms with Gasteiger partial charge >= 0.3 is 24.6 Å². The number of benzene rings is 1. The third-order valence-corrected chi connectivity index (χ3v) is 5.17. The Balaban J connectivity index is 2.08. The zero-order chi connectivity index (χ0) is 28.2. The van der Waals surface area contributed by atoms with Gasteiger partial charge in [0.2, 0.25) is 0 Å². The Morgan fingerprint density at radius 2 is 1.54 bits per heavy atom. The van der Waals surface area contributed by atoms with Gasteiger partial charge in [0.05, 0.1) is 5.56 Å². The molecule has 2 rings (SSSR count). The number of carbonyl (C=O) groups excluding carboxylic acids is 2. The van der Waals surface area contributed by atoms with Crippen molar-refractivity contribution in [3.63, 3.8) is 0 Å². The second-order valence-electron chi connectivity index (χ2n) is 8.69. The number of hydrogen-bond acceptors (Lipinski definition) is 6. The van der Waals surface area contributed by atoms with Crippen LogP contribution < -0.4 is 4.74 Å². The summed E-state index contributed by atoms with van der Waals surface area (Å²) in [4.78, 5) is 24.8. The van der Waals surface area contributed by atoms with E-state index in [0.29, 0.717) is 4.90 Å². The monoisotopic (exact) mass is 554 g/mol. The first-order valence-electron chi connectivity index (χ1n) is 10.6. The zero-order valence-corrected chi connectivity index (χ0v) is 19.5. The first-order valence-corrected chi connectivity index (χ1v) is 10.6. The SMILES string of the molecule is CC(C)(COc1cc(C(F)(F)F)ccc1CN1CCN(C(=O)OC(C(F)(F)F)C(F)(F)F)CC1)OC=O. The third kappa shape index (κ3) is 8.86. The van der Waals surface area contributed by atoms with Gasteiger partial charge in [-0.3, -0.25) is 9.69 Å². The minimum Gasteiger partial charge on any atom is -0.489 e. The smallest absolute Gasteiger partial charge is 0.434 e. The van der Waals surface area contributed by atoms with Gasteiger partial charge in [0, 0.05) is 38.3 Å². The van der Waals surface area contributed by atoms with Crippen molar-refractivity contribution in [2.24, 2.45) is 0 Å². The van der Waals surface area contributed by atoms with Crippen LogP contribution in [0.4, 0.5) is 44.3 Å². The van der Waals surface area contributed by atoms with E-state index in [4.69, 9.17) is 9.47 Å². The highest BCUT2D eigenvalue weighted by molar-refractivity contribution is 5.68. The molecule has 1 aliphatic heterocycles. The van der Waals surface area contributed by atoms with Crippen LogP contribution in [0, 0.1) is 0 Å². The summed E-state index contributed by atoms with van der Waals surface area (Å²) in [6.07, 6.45) is -22.4. The topological polar surface area (TPSA) is 68.3 Å². The average Bonchev–Trinajstić information content (AvgIpc) is 2.74. The van der Waals surface area contributed by atoms with Crippen LogP contribution >= 0.6 is 0 Å². The fraction of sp³-hybridized carbons (Fsp3) is 0.619. The van der Waals surface area contributed by atoms with E-state index in [-0.39, 0.29) is 57.1 Å². The number of halogens is 9. The molecule has 0 radical (unpaired) electrons. The Labute approximate surface area is 205 Å². The van der Waals surface area contributed by atoms with Gasteiger partial charge in [0.15, 0.2) is 0 Å². The maximum atomic E-state index is 13.2. The number of amides is 1. The molecule has 1 aromatic rings. The molecule has 0 bridgehead atoms. The van der Waals surface area contributed by atoms with Crippen LogP contribution in [0.5, 0.6) is 5.75 Å². The van der Waals surface area contributed by atoms with E-state index >= 15 is 0 Å². The number of ether oxygens (including phenoxy) is 3. The molecule has 1 amide bonds. The molecule has 16 heteroatoms. The van der Waals surface area contributed by atoms with Crippen LogP contribution in [-0.2, 0) is 27.0 Å². The highest BCUT2D eigenvalue weighted by Crippen LogP contribution is 2.36. The van der Waals surface area contributed by atoms with Crippen molar-refractivity contribution in [3.05, 3.63) is 29.3 Å². The molecule has 0 spiro atoms. The minimum absolute atomic E-state index is 0.0148. The van der Waals surface area contributed by atoms with E-state index in [0.717, 1.165) is 18.2 Å². The number of carbonyl (C=O) groups is 2. The Kier molecular flexibility index (Phi) is 9.20. The van der Waals surface area contributed by atoms with Crippen LogP contribution in [-0.4, -0.2) is 79.2 Å². The molecule has 1 aliphatic rings. The van der Waals surface area contributed by atoms with E-state index in [1.54, 1.807) is 4.90 Å². The van der Waals surface area contributed by atoms with Crippen molar-refractivity contribution >= 4 is 12.6 Å². The van der Waals surface area contributed by atoms with E-state index in [1.807, 2.05) is 0 Å². The first-order chi connectivity index (χ1) is 16.8. The van der Waals surface area contributed by atoms with Crippen LogP contribution in [0.3, 0.4) is 0 Å². The maximum absolute atomic E-state index is 13.2. The van der Waals surface area contributed by atoms with Crippen molar-refractivity contribution < 1.29 is 63.3 Å². The lowest BCUT2D eigenvalue weighted by molar-refractivity contribution is -0.308. The summed E-state index contributed by atoms with van der Waals surface area (Å²) in [6.45, 7) is 2.14. The minimum atomic E-state index is -5.85. The number of hydrogen-bond donors (Lipinski definition) is 0. The number of alkyl halides is 9. The van der Waals surface area contributed by atoms with Gasteiger partial charge in [-0.2, -0.15) is 39.5 Å². The van der Waals surface area contributed by atoms with Crippen molar-refractivity contribution in [2.75, 3.05) is 32.8 Å². The van der Waals surface area contributed by atoms with Gasteiger partial charge in [0.1, 0.15) is 18.0 Å². The Morgan fingerprint density at radius 1 is 0.973 bits per heavy atom. The van der Waals surface area contributed by atoms with Crippen LogP contribution in [0.2, 0.25) is 0 Å². The molecule has 0 aliphatic carbocycles. The van der Waals surface area contributed by atoms with Gasteiger partial charge in [-0.1, -0.05) is 6.07 Å². The molecule has 7 nitrogen and oxygen atoms in total. The van der Waals surface area contributed by atoms with Crippen LogP contribution in [0.25, 0.3) is 0 Å². The largest absolute Gasteiger partial charge is 0.489 e. The van der Waals surface area contributed by atoms with Crippen molar-refractivity contribution in [3.8, 4) is 5.75 Å². The number of nitrogens with zero attached hydrogens (tertiary/aromatic N) is 2. The molecule has 37 heavy (non-hydrogen) atoms. The molecule has 1 heterocycles. The molecule has 1 aromatic carbocycles. The molecule has 1 fully saturated rings. The highest BCUT2D eigenvalue weighted by Gasteiger charge is 2.60. The summed E-state index contributed by atoms with van der Waals surface area (Å²) in [5.74, 6) is -0.169. The summed E-state index contributed by atoms with van der Waals surface area (Å²) < 4.78 is 129. The fourth-order valence-corrected chi connectivity index (χ4v) is 3.24. The molecule has 0 aromatic heterocycles. The second kappa shape index (κ2) is 11.2. The van der Waals surface area contributed by atoms with Gasteiger partial charge in [0.25, 0.3) is 12.6 Å². The average molecular weight is 554 g/mol. The fourth-order valence-electron chi connectivity index (χ4n) is 3.24. The summed E-state index contributed by atoms with van der Waals surface area (Å²) in [5, 5.41) is 0. The van der Waals surface area contributed by atoms with Crippen LogP contribution in [0.1, 0.15) is 25.0 Å². The Morgan fingerprint density at radius 3 is 2.03 bits per heavy atom. The zero-order valence-electron chi connectivity index (χ0n) is 19.5. The number of piperazine rings is 1. The molecule has 1 saturated heterocycles. The summed E-state index contributed by atoms with van der Waals surface area (Å²) in [7, 11) is 0. The van der Waals surface area contributed by atoms with Gasteiger partial charge in [-0.05, 0) is 26.0 Å². The molecule has 0 saturated carbocycles. The van der Waals surface area contributed by atoms with E-state index < -0.39 is 41.9 Å². The van der Waals surface area contributed by atoms with E-state index in [9.17, 15) is 49.1 Å². The Hall–Kier alpha value is -2.91. The molecular formula is C21H23F9N2O5. The predicted octanol–water partition coefficient (Wildman–Crippen LogP) is 4.78. The summed E-state index contributed by atoms with van der Waals surface area (Å²) in [5.41, 5.74) is -1.89. The van der Waals surface area contributed by atoms with Crippen molar-refractivity contribution in [1.82, 2.24) is 9.80 Å². The van der Waals surface area contributed by atoms with E-state index in [1.165, 1.54) is 13.8 Å². The van der Waals surface area contributed by atoms with Crippen molar-refractivity contribution in [2.45, 2.75) is 50.6 Å². The maximum Gasteiger partial charge on any atom is 0.434 e. The molecule has 0 unspecified atom stereocenters. The summed E-state index contributed by atoms with van der Waals surface area (Å²) in [6, 6.07) is 2.73. The standard InChI is InChI=1S/C21H23F9N2O5/c1-18(2,36-12-33)11-35-15-9-14(19(22,23)24)4-3-13(15)10-31-5-7-32(8-6-31)17(34)37-16(20(25,26)27)21(28,29)30/h3-4,9,12,16H,5-8,10-11H2,1-2H3. The lowest BCUT2D eigenvalue weighted by Crippen LogP contribution is -2.52. The van der Waals surface area contributed by atoms with Gasteiger partial charge < -0.3 is 19.1 Å². The van der Waals surface area contributed by atoms with Gasteiger partial charge in [-0.15, -0.1) is 0 Å². The quantitative estimate of drug-likeness (QED) is 0.341. The molecular weight excluding hydrogens is 531 g/mol. The lowest BCUT2D eigenvalue weighted by Gasteiger charge is -2.35. The second-order valence-corrected chi connectivity index (χ2v) is 8.69. The molecule has 210 valence electrons. The third-order valence-electron chi connectivity index (χ3n) is 5.17. The number of rotatable bonds is 8. The predicted molar refractivity (Wildman–Crippen MR) is 107 cm³/mol. The van der Waals surface area contributed by atoms with Gasteiger partial charge in [-0.25, -0.2) is 4.79 Å².